The van der Waals surface area contributed by atoms with E-state index in [1.165, 1.54) is 36.0 Å². The number of amides is 2. The molecule has 3 aromatic rings. The lowest BCUT2D eigenvalue weighted by Gasteiger charge is -2.55. The number of fused-ring (bicyclic) bond motifs is 1. The minimum Gasteiger partial charge on any atom is -0.481 e. The number of aryl methyl sites for hydroxylation is 4. The largest absolute Gasteiger partial charge is 0.481 e. The van der Waals surface area contributed by atoms with Gasteiger partial charge in [0.05, 0.1) is 29.9 Å². The lowest BCUT2D eigenvalue weighted by atomic mass is 9.64. The fourth-order valence-electron chi connectivity index (χ4n) is 5.70. The lowest BCUT2D eigenvalue weighted by molar-refractivity contribution is -0.170. The predicted octanol–water partition coefficient (Wildman–Crippen LogP) is 3.95. The Labute approximate surface area is 254 Å². The van der Waals surface area contributed by atoms with Crippen molar-refractivity contribution in [3.05, 3.63) is 58.5 Å². The average Bonchev–Trinajstić information content (AvgIpc) is 3.15. The second-order valence-electron chi connectivity index (χ2n) is 12.0. The zero-order valence-electron chi connectivity index (χ0n) is 25.3. The molecule has 2 aromatic heterocycles. The van der Waals surface area contributed by atoms with Crippen LogP contribution in [0.15, 0.2) is 30.5 Å². The number of nitrogens with zero attached hydrogens (tertiary/aromatic N) is 3. The number of anilines is 2. The van der Waals surface area contributed by atoms with Gasteiger partial charge in [0.1, 0.15) is 0 Å². The lowest BCUT2D eigenvalue weighted by Crippen LogP contribution is -2.62. The second kappa shape index (κ2) is 12.5. The maximum Gasteiger partial charge on any atom is 0.336 e. The molecule has 1 spiro atoms. The number of aliphatic hydroxyl groups is 1. The van der Waals surface area contributed by atoms with E-state index < -0.39 is 36.4 Å². The molecule has 3 heterocycles. The molecule has 0 unspecified atom stereocenters. The third-order valence-corrected chi connectivity index (χ3v) is 8.59. The number of urea groups is 1. The van der Waals surface area contributed by atoms with E-state index in [9.17, 15) is 19.2 Å². The van der Waals surface area contributed by atoms with Gasteiger partial charge in [-0.25, -0.2) is 14.6 Å². The highest BCUT2D eigenvalue weighted by atomic mass is 16.4. The first-order valence-electron chi connectivity index (χ1n) is 14.4. The van der Waals surface area contributed by atoms with E-state index in [-0.39, 0.29) is 6.03 Å². The first-order valence-corrected chi connectivity index (χ1v) is 14.4. The molecule has 1 aromatic carbocycles. The summed E-state index contributed by atoms with van der Waals surface area (Å²) < 4.78 is 2.07. The summed E-state index contributed by atoms with van der Waals surface area (Å²) in [6, 6.07) is 8.37. The number of aromatic nitrogens is 2. The summed E-state index contributed by atoms with van der Waals surface area (Å²) in [5, 5.41) is 40.5. The van der Waals surface area contributed by atoms with Crippen LogP contribution >= 0.6 is 0 Å². The number of carboxylic acids is 3. The number of rotatable bonds is 9. The van der Waals surface area contributed by atoms with E-state index in [0.717, 1.165) is 41.5 Å². The molecule has 0 atom stereocenters. The molecule has 6 N–H and O–H groups in total. The van der Waals surface area contributed by atoms with Gasteiger partial charge >= 0.3 is 23.9 Å². The molecule has 13 heteroatoms. The van der Waals surface area contributed by atoms with E-state index in [0.29, 0.717) is 12.0 Å². The van der Waals surface area contributed by atoms with Crippen molar-refractivity contribution in [3.63, 3.8) is 0 Å². The molecular formula is C31H39N5O8. The van der Waals surface area contributed by atoms with Crippen LogP contribution < -0.4 is 10.6 Å². The van der Waals surface area contributed by atoms with Crippen LogP contribution in [0, 0.1) is 33.1 Å². The fourth-order valence-corrected chi connectivity index (χ4v) is 5.70. The highest BCUT2D eigenvalue weighted by Crippen LogP contribution is 2.48. The number of benzene rings is 1. The molecular weight excluding hydrogens is 570 g/mol. The number of carbonyl (C=O) groups excluding carboxylic acids is 1. The van der Waals surface area contributed by atoms with Crippen LogP contribution in [-0.4, -0.2) is 77.3 Å². The molecule has 236 valence electrons. The SMILES string of the molecule is Cc1cccc(C)c1CNc1cc(NC(=O)N2CC3(CCC3)C2)cn2c(C)c(C)nc12.O=C(O)CC(O)(CC(=O)O)C(=O)O. The van der Waals surface area contributed by atoms with Crippen molar-refractivity contribution in [1.29, 1.82) is 0 Å². The Kier molecular flexibility index (Phi) is 9.19. The van der Waals surface area contributed by atoms with Gasteiger partial charge in [0.2, 0.25) is 0 Å². The monoisotopic (exact) mass is 609 g/mol. The van der Waals surface area contributed by atoms with E-state index in [1.54, 1.807) is 0 Å². The number of carboxylic acid groups (broad SMARTS) is 3. The Morgan fingerprint density at radius 2 is 1.57 bits per heavy atom. The molecule has 5 rings (SSSR count). The Bertz CT molecular complexity index is 1570. The number of aliphatic carboxylic acids is 3. The summed E-state index contributed by atoms with van der Waals surface area (Å²) in [5.74, 6) is -5.02. The molecule has 2 amide bonds. The molecule has 44 heavy (non-hydrogen) atoms. The third kappa shape index (κ3) is 6.94. The van der Waals surface area contributed by atoms with Crippen LogP contribution in [0.25, 0.3) is 5.65 Å². The topological polar surface area (TPSA) is 194 Å². The van der Waals surface area contributed by atoms with Gasteiger partial charge in [-0.05, 0) is 63.3 Å². The first-order chi connectivity index (χ1) is 20.6. The summed E-state index contributed by atoms with van der Waals surface area (Å²) in [6.45, 7) is 10.9. The molecule has 0 radical (unpaired) electrons. The smallest absolute Gasteiger partial charge is 0.336 e. The zero-order valence-corrected chi connectivity index (χ0v) is 25.3. The summed E-state index contributed by atoms with van der Waals surface area (Å²) in [6.07, 6.45) is 3.53. The minimum absolute atomic E-state index is 0.00735. The Hall–Kier alpha value is -4.65. The Morgan fingerprint density at radius 3 is 2.07 bits per heavy atom. The summed E-state index contributed by atoms with van der Waals surface area (Å²) in [5.41, 5.74) is 6.20. The van der Waals surface area contributed by atoms with Crippen molar-refractivity contribution in [2.45, 2.75) is 71.9 Å². The van der Waals surface area contributed by atoms with Gasteiger partial charge in [-0.15, -0.1) is 0 Å². The van der Waals surface area contributed by atoms with Gasteiger partial charge in [-0.1, -0.05) is 24.6 Å². The van der Waals surface area contributed by atoms with E-state index in [2.05, 4.69) is 54.0 Å². The van der Waals surface area contributed by atoms with E-state index >= 15 is 0 Å². The summed E-state index contributed by atoms with van der Waals surface area (Å²) in [7, 11) is 0. The number of hydrogen-bond acceptors (Lipinski definition) is 7. The number of carbonyl (C=O) groups is 4. The van der Waals surface area contributed by atoms with Crippen molar-refractivity contribution in [1.82, 2.24) is 14.3 Å². The van der Waals surface area contributed by atoms with Gasteiger partial charge in [-0.2, -0.15) is 0 Å². The van der Waals surface area contributed by atoms with Gasteiger partial charge in [0, 0.05) is 36.9 Å². The van der Waals surface area contributed by atoms with Crippen LogP contribution in [-0.2, 0) is 20.9 Å². The third-order valence-electron chi connectivity index (χ3n) is 8.59. The zero-order chi connectivity index (χ0) is 32.4. The second-order valence-corrected chi connectivity index (χ2v) is 12.0. The van der Waals surface area contributed by atoms with Gasteiger partial charge in [0.25, 0.3) is 0 Å². The highest BCUT2D eigenvalue weighted by molar-refractivity contribution is 5.91. The van der Waals surface area contributed by atoms with Crippen LogP contribution in [0.1, 0.15) is 60.2 Å². The van der Waals surface area contributed by atoms with Crippen LogP contribution in [0.4, 0.5) is 16.2 Å². The maximum absolute atomic E-state index is 12.8. The van der Waals surface area contributed by atoms with Crippen LogP contribution in [0.2, 0.25) is 0 Å². The first kappa shape index (κ1) is 32.3. The number of hydrogen-bond donors (Lipinski definition) is 6. The van der Waals surface area contributed by atoms with Gasteiger partial charge < -0.3 is 40.4 Å². The number of nitrogens with one attached hydrogen (secondary N) is 2. The Morgan fingerprint density at radius 1 is 0.977 bits per heavy atom. The fraction of sp³-hybridized carbons (Fsp3) is 0.452. The molecule has 2 fully saturated rings. The summed E-state index contributed by atoms with van der Waals surface area (Å²) in [4.78, 5) is 50.0. The number of likely N-dealkylation sites (tertiary alicyclic amines) is 1. The molecule has 0 bridgehead atoms. The molecule has 1 saturated carbocycles. The predicted molar refractivity (Wildman–Crippen MR) is 162 cm³/mol. The van der Waals surface area contributed by atoms with Crippen LogP contribution in [0.5, 0.6) is 0 Å². The van der Waals surface area contributed by atoms with Crippen molar-refractivity contribution in [2.75, 3.05) is 23.7 Å². The van der Waals surface area contributed by atoms with Crippen molar-refractivity contribution < 1.29 is 39.6 Å². The molecule has 1 aliphatic carbocycles. The van der Waals surface area contributed by atoms with Gasteiger partial charge in [0.15, 0.2) is 11.2 Å². The van der Waals surface area contributed by atoms with Crippen molar-refractivity contribution in [2.24, 2.45) is 5.41 Å². The number of imidazole rings is 1. The maximum atomic E-state index is 12.8. The van der Waals surface area contributed by atoms with Crippen molar-refractivity contribution in [3.8, 4) is 0 Å². The normalized spacial score (nSPS) is 15.1. The highest BCUT2D eigenvalue weighted by Gasteiger charge is 2.49. The van der Waals surface area contributed by atoms with E-state index in [4.69, 9.17) is 25.4 Å². The molecule has 1 aliphatic heterocycles. The minimum atomic E-state index is -2.74. The summed E-state index contributed by atoms with van der Waals surface area (Å²) >= 11 is 0. The quantitative estimate of drug-likeness (QED) is 0.207. The van der Waals surface area contributed by atoms with Crippen LogP contribution in [0.3, 0.4) is 0 Å². The van der Waals surface area contributed by atoms with Crippen molar-refractivity contribution >= 4 is 41.0 Å². The molecule has 1 saturated heterocycles. The standard InChI is InChI=1S/C25H31N5O.C6H8O7/c1-16-7-5-8-17(2)21(16)12-26-22-11-20(13-30-19(4)18(3)27-23(22)30)28-24(31)29-14-25(15-29)9-6-10-25;7-3(8)1-6(13,5(11)12)2-4(9)10/h5,7-8,11,13,26H,6,9-10,12,14-15H2,1-4H3,(H,28,31);13H,1-2H2,(H,7,8)(H,9,10)(H,11,12). The number of pyridine rings is 1. The molecule has 2 aliphatic rings. The Balaban J connectivity index is 0.000000289. The average molecular weight is 610 g/mol. The van der Waals surface area contributed by atoms with Gasteiger partial charge in [-0.3, -0.25) is 9.59 Å². The molecule has 13 nitrogen and oxygen atoms in total. The van der Waals surface area contributed by atoms with E-state index in [1.807, 2.05) is 24.1 Å².